The lowest BCUT2D eigenvalue weighted by Gasteiger charge is -2.25. The molecule has 1 aliphatic carbocycles. The van der Waals surface area contributed by atoms with E-state index in [-0.39, 0.29) is 5.56 Å². The molecule has 212 valence electrons. The number of hydrogen-bond acceptors (Lipinski definition) is 4. The third-order valence-electron chi connectivity index (χ3n) is 8.34. The van der Waals surface area contributed by atoms with Crippen LogP contribution in [0.25, 0.3) is 49.4 Å². The number of hydroxylamine groups is 2. The molecule has 3 heterocycles. The predicted molar refractivity (Wildman–Crippen MR) is 172 cm³/mol. The molecule has 0 radical (unpaired) electrons. The van der Waals surface area contributed by atoms with E-state index in [2.05, 4.69) is 48.0 Å². The van der Waals surface area contributed by atoms with Crippen LogP contribution in [-0.4, -0.2) is 15.9 Å². The van der Waals surface area contributed by atoms with Crippen molar-refractivity contribution in [2.75, 3.05) is 0 Å². The standard InChI is InChI=1S/C38H25F2N3O/c1-23-27-8-6-7-13-33(27)44-43-22-26(18-21-35(43)41-23)37-31-11-4-2-9-29(31)36(30-10-3-5-12-32(30)37)25-16-14-24(15-17-25)28-19-20-34(39)42-38(28)40/h2-5,7,9-22H,1,6,8H2. The first kappa shape index (κ1) is 26.0. The normalized spacial score (nSPS) is 16.0. The van der Waals surface area contributed by atoms with Crippen molar-refractivity contribution in [3.8, 4) is 22.3 Å². The Morgan fingerprint density at radius 2 is 1.39 bits per heavy atom. The molecule has 0 spiro atoms. The second-order valence-electron chi connectivity index (χ2n) is 10.9. The van der Waals surface area contributed by atoms with E-state index in [1.54, 1.807) is 5.06 Å². The molecule has 0 bridgehead atoms. The monoisotopic (exact) mass is 577 g/mol. The van der Waals surface area contributed by atoms with Crippen molar-refractivity contribution in [3.63, 3.8) is 0 Å². The molecule has 2 aliphatic heterocycles. The fourth-order valence-corrected chi connectivity index (χ4v) is 6.30. The van der Waals surface area contributed by atoms with E-state index in [0.29, 0.717) is 11.4 Å². The van der Waals surface area contributed by atoms with Gasteiger partial charge in [0, 0.05) is 16.7 Å². The lowest BCUT2D eigenvalue weighted by molar-refractivity contribution is -0.000348. The summed E-state index contributed by atoms with van der Waals surface area (Å²) < 4.78 is 27.8. The van der Waals surface area contributed by atoms with Crippen molar-refractivity contribution in [2.24, 2.45) is 4.99 Å². The van der Waals surface area contributed by atoms with Crippen molar-refractivity contribution >= 4 is 33.0 Å². The molecular formula is C38H25F2N3O. The Morgan fingerprint density at radius 3 is 2.07 bits per heavy atom. The zero-order valence-corrected chi connectivity index (χ0v) is 23.6. The molecule has 0 saturated heterocycles. The molecule has 44 heavy (non-hydrogen) atoms. The van der Waals surface area contributed by atoms with Crippen LogP contribution >= 0.6 is 0 Å². The molecule has 1 aromatic heterocycles. The van der Waals surface area contributed by atoms with Gasteiger partial charge < -0.3 is 4.84 Å². The molecule has 0 fully saturated rings. The lowest BCUT2D eigenvalue weighted by atomic mass is 9.85. The molecule has 6 heteroatoms. The number of amidine groups is 1. The molecule has 0 unspecified atom stereocenters. The van der Waals surface area contributed by atoms with Crippen LogP contribution in [0.3, 0.4) is 0 Å². The second-order valence-corrected chi connectivity index (χ2v) is 10.9. The average Bonchev–Trinajstić information content (AvgIpc) is 3.19. The second kappa shape index (κ2) is 10.3. The molecule has 0 N–H and O–H groups in total. The van der Waals surface area contributed by atoms with Gasteiger partial charge in [0.05, 0.1) is 11.9 Å². The number of hydrogen-bond donors (Lipinski definition) is 0. The summed E-state index contributed by atoms with van der Waals surface area (Å²) in [5.41, 5.74) is 6.80. The van der Waals surface area contributed by atoms with Crippen LogP contribution in [0.4, 0.5) is 8.78 Å². The molecule has 8 rings (SSSR count). The highest BCUT2D eigenvalue weighted by Crippen LogP contribution is 2.43. The van der Waals surface area contributed by atoms with E-state index in [9.17, 15) is 8.78 Å². The SMILES string of the molecule is C=C1N=C2C=CC(c3c4ccccc4c(-c4ccc(-c5ccc(F)nc5F)cc4)c4ccccc34)=CN2OC2=C1CCC=C2. The van der Waals surface area contributed by atoms with Crippen molar-refractivity contribution < 1.29 is 13.6 Å². The van der Waals surface area contributed by atoms with Gasteiger partial charge in [0.1, 0.15) is 0 Å². The maximum Gasteiger partial charge on any atom is 0.223 e. The highest BCUT2D eigenvalue weighted by Gasteiger charge is 2.26. The van der Waals surface area contributed by atoms with Crippen LogP contribution in [-0.2, 0) is 4.84 Å². The summed E-state index contributed by atoms with van der Waals surface area (Å²) in [4.78, 5) is 14.5. The van der Waals surface area contributed by atoms with Crippen LogP contribution in [0.2, 0.25) is 0 Å². The molecule has 4 nitrogen and oxygen atoms in total. The summed E-state index contributed by atoms with van der Waals surface area (Å²) >= 11 is 0. The van der Waals surface area contributed by atoms with Crippen LogP contribution in [0, 0.1) is 11.9 Å². The van der Waals surface area contributed by atoms with Crippen molar-refractivity contribution in [1.82, 2.24) is 10.0 Å². The summed E-state index contributed by atoms with van der Waals surface area (Å²) in [5.74, 6) is -0.215. The fraction of sp³-hybridized carbons (Fsp3) is 0.0526. The number of fused-ring (bicyclic) bond motifs is 3. The van der Waals surface area contributed by atoms with E-state index < -0.39 is 11.9 Å². The largest absolute Gasteiger partial charge is 0.373 e. The number of rotatable bonds is 3. The quantitative estimate of drug-likeness (QED) is 0.158. The first-order valence-electron chi connectivity index (χ1n) is 14.5. The summed E-state index contributed by atoms with van der Waals surface area (Å²) in [5, 5.41) is 6.09. The zero-order valence-electron chi connectivity index (χ0n) is 23.6. The topological polar surface area (TPSA) is 37.7 Å². The first-order chi connectivity index (χ1) is 21.5. The van der Waals surface area contributed by atoms with E-state index in [1.807, 2.05) is 66.9 Å². The predicted octanol–water partition coefficient (Wildman–Crippen LogP) is 9.67. The van der Waals surface area contributed by atoms with E-state index in [0.717, 1.165) is 73.7 Å². The zero-order chi connectivity index (χ0) is 29.8. The van der Waals surface area contributed by atoms with Crippen molar-refractivity contribution in [3.05, 3.63) is 157 Å². The Bertz CT molecular complexity index is 2130. The minimum Gasteiger partial charge on any atom is -0.373 e. The Hall–Kier alpha value is -5.62. The van der Waals surface area contributed by atoms with Gasteiger partial charge in [0.25, 0.3) is 0 Å². The maximum atomic E-state index is 14.4. The number of nitrogens with zero attached hydrogens (tertiary/aromatic N) is 3. The maximum absolute atomic E-state index is 14.4. The number of aliphatic imine (C=N–C) groups is 1. The minimum absolute atomic E-state index is 0.257. The van der Waals surface area contributed by atoms with E-state index >= 15 is 0 Å². The number of pyridine rings is 1. The van der Waals surface area contributed by atoms with Gasteiger partial charge in [-0.1, -0.05) is 85.5 Å². The highest BCUT2D eigenvalue weighted by atomic mass is 19.1. The van der Waals surface area contributed by atoms with Gasteiger partial charge in [0.2, 0.25) is 11.9 Å². The van der Waals surface area contributed by atoms with Gasteiger partial charge >= 0.3 is 0 Å². The number of benzene rings is 4. The van der Waals surface area contributed by atoms with Crippen LogP contribution < -0.4 is 0 Å². The van der Waals surface area contributed by atoms with Crippen molar-refractivity contribution in [1.29, 1.82) is 0 Å². The summed E-state index contributed by atoms with van der Waals surface area (Å²) in [6, 6.07) is 27.0. The van der Waals surface area contributed by atoms with Gasteiger partial charge in [-0.15, -0.1) is 0 Å². The number of allylic oxidation sites excluding steroid dienone is 5. The van der Waals surface area contributed by atoms with Crippen LogP contribution in [0.15, 0.2) is 144 Å². The molecule has 3 aliphatic rings. The third-order valence-corrected chi connectivity index (χ3v) is 8.34. The van der Waals surface area contributed by atoms with E-state index in [4.69, 9.17) is 9.83 Å². The van der Waals surface area contributed by atoms with Gasteiger partial charge in [-0.25, -0.2) is 4.99 Å². The molecule has 0 saturated carbocycles. The smallest absolute Gasteiger partial charge is 0.223 e. The molecule has 5 aromatic rings. The summed E-state index contributed by atoms with van der Waals surface area (Å²) in [6.45, 7) is 4.20. The molecule has 4 aromatic carbocycles. The summed E-state index contributed by atoms with van der Waals surface area (Å²) in [7, 11) is 0. The van der Waals surface area contributed by atoms with Crippen LogP contribution in [0.5, 0.6) is 0 Å². The van der Waals surface area contributed by atoms with Gasteiger partial charge in [-0.2, -0.15) is 18.8 Å². The van der Waals surface area contributed by atoms with Crippen molar-refractivity contribution in [2.45, 2.75) is 12.8 Å². The first-order valence-corrected chi connectivity index (χ1v) is 14.5. The number of halogens is 2. The Morgan fingerprint density at radius 1 is 0.727 bits per heavy atom. The molecular weight excluding hydrogens is 552 g/mol. The van der Waals surface area contributed by atoms with Gasteiger partial charge in [0.15, 0.2) is 11.6 Å². The molecule has 0 amide bonds. The summed E-state index contributed by atoms with van der Waals surface area (Å²) in [6.07, 6.45) is 12.0. The average molecular weight is 578 g/mol. The lowest BCUT2D eigenvalue weighted by Crippen LogP contribution is -2.25. The highest BCUT2D eigenvalue weighted by molar-refractivity contribution is 6.20. The fourth-order valence-electron chi connectivity index (χ4n) is 6.30. The van der Waals surface area contributed by atoms with Gasteiger partial charge in [-0.05, 0) is 87.0 Å². The van der Waals surface area contributed by atoms with E-state index in [1.165, 1.54) is 12.1 Å². The Kier molecular flexibility index (Phi) is 6.08. The van der Waals surface area contributed by atoms with Crippen LogP contribution in [0.1, 0.15) is 18.4 Å². The minimum atomic E-state index is -0.840. The Balaban J connectivity index is 1.29. The number of aromatic nitrogens is 1. The van der Waals surface area contributed by atoms with Gasteiger partial charge in [-0.3, -0.25) is 0 Å². The molecule has 0 atom stereocenters. The third kappa shape index (κ3) is 4.26. The Labute approximate surface area is 252 Å².